The first-order chi connectivity index (χ1) is 14.9. The smallest absolute Gasteiger partial charge is 0.246 e. The summed E-state index contributed by atoms with van der Waals surface area (Å²) in [7, 11) is 0. The van der Waals surface area contributed by atoms with Crippen LogP contribution >= 0.6 is 0 Å². The molecule has 8 nitrogen and oxygen atoms in total. The van der Waals surface area contributed by atoms with E-state index >= 15 is 0 Å². The highest BCUT2D eigenvalue weighted by molar-refractivity contribution is 5.78. The maximum absolute atomic E-state index is 12.5. The predicted molar refractivity (Wildman–Crippen MR) is 115 cm³/mol. The average molecular weight is 424 g/mol. The van der Waals surface area contributed by atoms with Crippen molar-refractivity contribution < 1.29 is 14.3 Å². The van der Waals surface area contributed by atoms with Crippen molar-refractivity contribution in [3.8, 4) is 11.4 Å². The van der Waals surface area contributed by atoms with Gasteiger partial charge in [-0.3, -0.25) is 14.6 Å². The fourth-order valence-corrected chi connectivity index (χ4v) is 4.33. The van der Waals surface area contributed by atoms with Crippen LogP contribution in [0.2, 0.25) is 0 Å². The molecule has 2 aliphatic rings. The molecule has 2 aromatic rings. The first-order valence-electron chi connectivity index (χ1n) is 10.8. The molecule has 0 radical (unpaired) electrons. The number of hydrogen-bond acceptors (Lipinski definition) is 6. The van der Waals surface area contributed by atoms with Crippen molar-refractivity contribution in [1.82, 2.24) is 25.2 Å². The number of likely N-dealkylation sites (tertiary alicyclic amines) is 1. The third-order valence-corrected chi connectivity index (χ3v) is 5.86. The third kappa shape index (κ3) is 5.25. The quantitative estimate of drug-likeness (QED) is 0.687. The minimum Gasteiger partial charge on any atom is -0.370 e. The minimum absolute atomic E-state index is 0.00574. The third-order valence-electron chi connectivity index (χ3n) is 5.86. The van der Waals surface area contributed by atoms with Gasteiger partial charge in [0.2, 0.25) is 11.8 Å². The zero-order valence-corrected chi connectivity index (χ0v) is 18.1. The molecule has 8 heteroatoms. The van der Waals surface area contributed by atoms with Crippen LogP contribution in [-0.4, -0.2) is 58.0 Å². The van der Waals surface area contributed by atoms with E-state index in [2.05, 4.69) is 29.1 Å². The number of amides is 2. The summed E-state index contributed by atoms with van der Waals surface area (Å²) >= 11 is 0. The molecule has 1 saturated heterocycles. The summed E-state index contributed by atoms with van der Waals surface area (Å²) in [6.45, 7) is 6.04. The van der Waals surface area contributed by atoms with E-state index in [1.54, 1.807) is 17.3 Å². The average Bonchev–Trinajstić information content (AvgIpc) is 3.15. The molecule has 1 unspecified atom stereocenters. The highest BCUT2D eigenvalue weighted by atomic mass is 16.5. The Hall–Kier alpha value is -2.87. The van der Waals surface area contributed by atoms with Gasteiger partial charge in [0, 0.05) is 49.2 Å². The Kier molecular flexibility index (Phi) is 6.27. The number of rotatable bonds is 7. The number of fused-ring (bicyclic) bond motifs is 1. The fraction of sp³-hybridized carbons (Fsp3) is 0.522. The first-order valence-corrected chi connectivity index (χ1v) is 10.8. The van der Waals surface area contributed by atoms with E-state index in [1.807, 2.05) is 18.3 Å². The maximum atomic E-state index is 12.5. The van der Waals surface area contributed by atoms with Crippen molar-refractivity contribution in [1.29, 1.82) is 0 Å². The molecule has 0 saturated carbocycles. The van der Waals surface area contributed by atoms with Gasteiger partial charge in [0.25, 0.3) is 0 Å². The van der Waals surface area contributed by atoms with Crippen LogP contribution in [-0.2, 0) is 20.7 Å². The molecule has 31 heavy (non-hydrogen) atoms. The zero-order valence-electron chi connectivity index (χ0n) is 18.1. The van der Waals surface area contributed by atoms with Crippen molar-refractivity contribution in [2.24, 2.45) is 5.41 Å². The number of nitrogens with one attached hydrogen (secondary N) is 1. The fourth-order valence-electron chi connectivity index (χ4n) is 4.33. The van der Waals surface area contributed by atoms with Gasteiger partial charge < -0.3 is 15.0 Å². The Labute approximate surface area is 182 Å². The van der Waals surface area contributed by atoms with Gasteiger partial charge in [-0.05, 0) is 36.8 Å². The summed E-state index contributed by atoms with van der Waals surface area (Å²) in [6.07, 6.45) is 8.44. The molecule has 2 amide bonds. The zero-order chi connectivity index (χ0) is 21.8. The lowest BCUT2D eigenvalue weighted by Gasteiger charge is -2.36. The lowest BCUT2D eigenvalue weighted by Crippen LogP contribution is -2.39. The van der Waals surface area contributed by atoms with E-state index in [4.69, 9.17) is 9.72 Å². The van der Waals surface area contributed by atoms with E-state index in [9.17, 15) is 9.59 Å². The number of ether oxygens (including phenoxy) is 1. The largest absolute Gasteiger partial charge is 0.370 e. The van der Waals surface area contributed by atoms with Gasteiger partial charge >= 0.3 is 0 Å². The van der Waals surface area contributed by atoms with Crippen LogP contribution in [0, 0.1) is 5.41 Å². The van der Waals surface area contributed by atoms with Crippen LogP contribution in [0.3, 0.4) is 0 Å². The molecule has 4 rings (SSSR count). The van der Waals surface area contributed by atoms with Gasteiger partial charge in [-0.15, -0.1) is 0 Å². The van der Waals surface area contributed by atoms with Crippen LogP contribution in [0.15, 0.2) is 30.7 Å². The highest BCUT2D eigenvalue weighted by Crippen LogP contribution is 2.40. The molecule has 3 heterocycles. The SMILES string of the molecule is CC1(C)Cc2nc(-c3ccncc3)ncc2C(NC(=O)COCCN2CCCC2=O)C1. The summed E-state index contributed by atoms with van der Waals surface area (Å²) in [5.41, 5.74) is 2.86. The van der Waals surface area contributed by atoms with Crippen LogP contribution in [0.1, 0.15) is 50.4 Å². The summed E-state index contributed by atoms with van der Waals surface area (Å²) < 4.78 is 5.52. The Morgan fingerprint density at radius 1 is 1.32 bits per heavy atom. The topological polar surface area (TPSA) is 97.3 Å². The summed E-state index contributed by atoms with van der Waals surface area (Å²) in [4.78, 5) is 39.3. The molecule has 1 N–H and O–H groups in total. The molecule has 1 aliphatic heterocycles. The lowest BCUT2D eigenvalue weighted by molar-refractivity contribution is -0.129. The van der Waals surface area contributed by atoms with Crippen molar-refractivity contribution in [2.75, 3.05) is 26.3 Å². The number of carbonyl (C=O) groups excluding carboxylic acids is 2. The van der Waals surface area contributed by atoms with Crippen LogP contribution < -0.4 is 5.32 Å². The van der Waals surface area contributed by atoms with Crippen molar-refractivity contribution in [3.63, 3.8) is 0 Å². The van der Waals surface area contributed by atoms with Crippen LogP contribution in [0.5, 0.6) is 0 Å². The number of aromatic nitrogens is 3. The second kappa shape index (κ2) is 9.09. The second-order valence-electron chi connectivity index (χ2n) is 9.03. The second-order valence-corrected chi connectivity index (χ2v) is 9.03. The van der Waals surface area contributed by atoms with Gasteiger partial charge in [0.05, 0.1) is 18.3 Å². The lowest BCUT2D eigenvalue weighted by atomic mass is 9.74. The molecular formula is C23H29N5O3. The van der Waals surface area contributed by atoms with E-state index in [0.717, 1.165) is 42.6 Å². The normalized spacial score (nSPS) is 19.9. The summed E-state index contributed by atoms with van der Waals surface area (Å²) in [5.74, 6) is 0.670. The van der Waals surface area contributed by atoms with Crippen molar-refractivity contribution in [3.05, 3.63) is 42.0 Å². The molecule has 0 aromatic carbocycles. The number of pyridine rings is 1. The molecule has 1 atom stereocenters. The molecule has 0 spiro atoms. The molecule has 0 bridgehead atoms. The summed E-state index contributed by atoms with van der Waals surface area (Å²) in [5, 5.41) is 3.09. The van der Waals surface area contributed by atoms with Crippen molar-refractivity contribution >= 4 is 11.8 Å². The van der Waals surface area contributed by atoms with Crippen molar-refractivity contribution in [2.45, 2.75) is 45.6 Å². The maximum Gasteiger partial charge on any atom is 0.246 e. The van der Waals surface area contributed by atoms with Gasteiger partial charge in [-0.2, -0.15) is 0 Å². The molecular weight excluding hydrogens is 394 g/mol. The Balaban J connectivity index is 1.38. The number of hydrogen-bond donors (Lipinski definition) is 1. The molecule has 1 aliphatic carbocycles. The first kappa shape index (κ1) is 21.4. The van der Waals surface area contributed by atoms with Gasteiger partial charge in [0.1, 0.15) is 6.61 Å². The minimum atomic E-state index is -0.167. The Bertz CT molecular complexity index is 947. The standard InChI is InChI=1S/C23H29N5O3/c1-23(2)12-18(26-20(29)15-31-11-10-28-9-3-4-21(28)30)17-14-25-22(27-19(17)13-23)16-5-7-24-8-6-16/h5-8,14,18H,3-4,9-13,15H2,1-2H3,(H,26,29). The van der Waals surface area contributed by atoms with Gasteiger partial charge in [-0.25, -0.2) is 9.97 Å². The van der Waals surface area contributed by atoms with Gasteiger partial charge in [-0.1, -0.05) is 13.8 Å². The molecule has 164 valence electrons. The summed E-state index contributed by atoms with van der Waals surface area (Å²) in [6, 6.07) is 3.63. The molecule has 1 fully saturated rings. The Morgan fingerprint density at radius 2 is 2.13 bits per heavy atom. The highest BCUT2D eigenvalue weighted by Gasteiger charge is 2.34. The van der Waals surface area contributed by atoms with E-state index in [-0.39, 0.29) is 29.9 Å². The van der Waals surface area contributed by atoms with E-state index < -0.39 is 0 Å². The number of nitrogens with zero attached hydrogens (tertiary/aromatic N) is 4. The Morgan fingerprint density at radius 3 is 2.87 bits per heavy atom. The van der Waals surface area contributed by atoms with Crippen LogP contribution in [0.4, 0.5) is 0 Å². The number of carbonyl (C=O) groups is 2. The predicted octanol–water partition coefficient (Wildman–Crippen LogP) is 2.31. The monoisotopic (exact) mass is 423 g/mol. The molecule has 2 aromatic heterocycles. The van der Waals surface area contributed by atoms with E-state index in [0.29, 0.717) is 25.4 Å². The van der Waals surface area contributed by atoms with Crippen LogP contribution in [0.25, 0.3) is 11.4 Å². The van der Waals surface area contributed by atoms with E-state index in [1.165, 1.54) is 0 Å². The van der Waals surface area contributed by atoms with Gasteiger partial charge in [0.15, 0.2) is 5.82 Å².